The number of hydrogen-bond donors (Lipinski definition) is 2. The van der Waals surface area contributed by atoms with Crippen LogP contribution in [0, 0.1) is 10.1 Å². The number of allylic oxidation sites excluding steroid dienone is 2. The van der Waals surface area contributed by atoms with E-state index in [4.69, 9.17) is 14.2 Å². The van der Waals surface area contributed by atoms with Gasteiger partial charge in [0.15, 0.2) is 24.2 Å². The molecule has 1 aliphatic heterocycles. The number of unbranched alkanes of at least 4 members (excludes halogenated alkanes) is 11. The van der Waals surface area contributed by atoms with Crippen LogP contribution in [0.1, 0.15) is 96.8 Å². The fraction of sp³-hybridized carbons (Fsp3) is 0.700. The molecule has 0 spiro atoms. The number of hydrogen-bond acceptors (Lipinski definition) is 9. The van der Waals surface area contributed by atoms with Crippen molar-refractivity contribution in [2.24, 2.45) is 0 Å². The van der Waals surface area contributed by atoms with E-state index in [1.807, 2.05) is 0 Å². The van der Waals surface area contributed by atoms with Crippen LogP contribution in [-0.4, -0.2) is 58.4 Å². The molecule has 1 aromatic rings. The number of ether oxygens (including phenoxy) is 3. The van der Waals surface area contributed by atoms with Gasteiger partial charge >= 0.3 is 11.7 Å². The van der Waals surface area contributed by atoms with Crippen molar-refractivity contribution in [3.8, 4) is 5.75 Å². The van der Waals surface area contributed by atoms with Crippen LogP contribution in [0.15, 0.2) is 36.4 Å². The van der Waals surface area contributed by atoms with Crippen LogP contribution in [-0.2, 0) is 19.2 Å². The molecule has 0 unspecified atom stereocenters. The van der Waals surface area contributed by atoms with E-state index in [0.717, 1.165) is 38.5 Å². The van der Waals surface area contributed by atoms with Crippen molar-refractivity contribution < 1.29 is 43.6 Å². The van der Waals surface area contributed by atoms with Crippen LogP contribution < -0.4 is 4.74 Å². The zero-order valence-electron chi connectivity index (χ0n) is 24.0. The Labute approximate surface area is 241 Å². The minimum absolute atomic E-state index is 0.182. The maximum Gasteiger partial charge on any atom is 0.310 e. The monoisotopic (exact) mass is 583 g/mol. The molecule has 1 aliphatic rings. The average Bonchev–Trinajstić information content (AvgIpc) is 2.96. The van der Waals surface area contributed by atoms with E-state index in [1.54, 1.807) is 0 Å². The predicted octanol–water partition coefficient (Wildman–Crippen LogP) is 6.27. The number of carbonyl (C=O) groups is 1. The van der Waals surface area contributed by atoms with E-state index in [9.17, 15) is 29.6 Å². The van der Waals surface area contributed by atoms with E-state index in [1.165, 1.54) is 62.8 Å². The van der Waals surface area contributed by atoms with Crippen LogP contribution in [0.2, 0.25) is 0 Å². The van der Waals surface area contributed by atoms with Crippen molar-refractivity contribution in [1.29, 1.82) is 0 Å². The third kappa shape index (κ3) is 12.8. The van der Waals surface area contributed by atoms with E-state index in [2.05, 4.69) is 24.0 Å². The largest absolute Gasteiger partial charge is 0.478 e. The van der Waals surface area contributed by atoms with E-state index >= 15 is 0 Å². The van der Waals surface area contributed by atoms with Crippen molar-refractivity contribution in [3.63, 3.8) is 0 Å². The number of carbonyl (C=O) groups excluding carboxylic acids is 1. The minimum atomic E-state index is -1.87. The highest BCUT2D eigenvalue weighted by atomic mass is 19.3. The van der Waals surface area contributed by atoms with E-state index in [0.29, 0.717) is 6.42 Å². The van der Waals surface area contributed by atoms with Crippen molar-refractivity contribution >= 4 is 11.7 Å². The summed E-state index contributed by atoms with van der Waals surface area (Å²) in [5, 5.41) is 31.9. The number of nitro benzene ring substituents is 1. The Bertz CT molecular complexity index is 916. The van der Waals surface area contributed by atoms with Crippen LogP contribution in [0.5, 0.6) is 5.75 Å². The summed E-state index contributed by atoms with van der Waals surface area (Å²) in [6.45, 7) is 1.82. The number of nitrogens with zero attached hydrogens (tertiary/aromatic N) is 1. The first-order chi connectivity index (χ1) is 19.9. The Morgan fingerprint density at radius 2 is 1.59 bits per heavy atom. The SMILES string of the molecule is CCCCCCCC/C=C\CCCCCCCC(=O)OC[C@H]1O[C@@H](O)[C@H](OF)[C@@H](O)[C@@H]1Oc1ccccc1[N+](=O)[O-]. The Balaban J connectivity index is 1.67. The van der Waals surface area contributed by atoms with Gasteiger partial charge in [-0.1, -0.05) is 82.6 Å². The second-order valence-corrected chi connectivity index (χ2v) is 10.4. The highest BCUT2D eigenvalue weighted by molar-refractivity contribution is 5.69. The summed E-state index contributed by atoms with van der Waals surface area (Å²) in [4.78, 5) is 26.6. The number of esters is 1. The Hall–Kier alpha value is -2.60. The molecule has 1 aromatic carbocycles. The zero-order chi connectivity index (χ0) is 29.9. The van der Waals surface area contributed by atoms with Gasteiger partial charge in [0, 0.05) is 12.5 Å². The van der Waals surface area contributed by atoms with Crippen LogP contribution in [0.3, 0.4) is 0 Å². The summed E-state index contributed by atoms with van der Waals surface area (Å²) >= 11 is 0. The fourth-order valence-electron chi connectivity index (χ4n) is 4.73. The maximum absolute atomic E-state index is 13.0. The lowest BCUT2D eigenvalue weighted by atomic mass is 9.99. The van der Waals surface area contributed by atoms with Crippen molar-refractivity contribution in [2.75, 3.05) is 6.61 Å². The summed E-state index contributed by atoms with van der Waals surface area (Å²) in [5.74, 6) is -0.702. The molecule has 0 radical (unpaired) electrons. The quantitative estimate of drug-likeness (QED) is 0.0564. The first kappa shape index (κ1) is 34.6. The van der Waals surface area contributed by atoms with Gasteiger partial charge in [-0.15, -0.1) is 0 Å². The highest BCUT2D eigenvalue weighted by Gasteiger charge is 2.48. The summed E-state index contributed by atoms with van der Waals surface area (Å²) < 4.78 is 29.1. The molecule has 0 bridgehead atoms. The van der Waals surface area contributed by atoms with Gasteiger partial charge < -0.3 is 24.4 Å². The number of nitro groups is 1. The molecule has 41 heavy (non-hydrogen) atoms. The van der Waals surface area contributed by atoms with Gasteiger partial charge in [-0.2, -0.15) is 4.94 Å². The third-order valence-electron chi connectivity index (χ3n) is 7.11. The van der Waals surface area contributed by atoms with Crippen molar-refractivity contribution in [2.45, 2.75) is 128 Å². The molecule has 0 amide bonds. The Morgan fingerprint density at radius 3 is 2.22 bits per heavy atom. The molecule has 1 heterocycles. The number of benzene rings is 1. The number of halogens is 1. The average molecular weight is 584 g/mol. The van der Waals surface area contributed by atoms with Crippen LogP contribution in [0.4, 0.5) is 10.2 Å². The smallest absolute Gasteiger partial charge is 0.310 e. The molecule has 1 fully saturated rings. The third-order valence-corrected chi connectivity index (χ3v) is 7.11. The Morgan fingerprint density at radius 1 is 0.976 bits per heavy atom. The van der Waals surface area contributed by atoms with Gasteiger partial charge in [-0.25, -0.2) is 0 Å². The van der Waals surface area contributed by atoms with Gasteiger partial charge in [0.2, 0.25) is 0 Å². The lowest BCUT2D eigenvalue weighted by Gasteiger charge is -2.40. The number of rotatable bonds is 21. The van der Waals surface area contributed by atoms with E-state index in [-0.39, 0.29) is 17.9 Å². The second-order valence-electron chi connectivity index (χ2n) is 10.4. The molecule has 5 atom stereocenters. The second kappa shape index (κ2) is 20.3. The predicted molar refractivity (Wildman–Crippen MR) is 151 cm³/mol. The number of aliphatic hydroxyl groups is 2. The molecule has 10 nitrogen and oxygen atoms in total. The lowest BCUT2D eigenvalue weighted by Crippen LogP contribution is -2.61. The highest BCUT2D eigenvalue weighted by Crippen LogP contribution is 2.32. The van der Waals surface area contributed by atoms with Gasteiger partial charge in [0.05, 0.1) is 4.92 Å². The Kier molecular flexibility index (Phi) is 17.1. The molecule has 11 heteroatoms. The molecule has 2 N–H and O–H groups in total. The molecule has 0 aromatic heterocycles. The summed E-state index contributed by atoms with van der Waals surface area (Å²) in [6, 6.07) is 5.42. The van der Waals surface area contributed by atoms with Crippen LogP contribution in [0.25, 0.3) is 0 Å². The standard InChI is InChI=1S/C30H46FNO9/c1-2-3-4-5-6-7-8-9-10-11-12-13-14-15-16-21-26(33)38-22-25-28(27(34)29(41-31)30(35)40-25)39-24-20-18-17-19-23(24)32(36)37/h9-10,17-20,25,27-30,34-35H,2-8,11-16,21-22H2,1H3/b10-9-/t25-,27+,28-,29-,30-/m1/s1. The van der Waals surface area contributed by atoms with Crippen molar-refractivity contribution in [1.82, 2.24) is 0 Å². The van der Waals surface area contributed by atoms with Gasteiger partial charge in [-0.05, 0) is 42.7 Å². The summed E-state index contributed by atoms with van der Waals surface area (Å²) in [5.41, 5.74) is -0.386. The maximum atomic E-state index is 13.0. The van der Waals surface area contributed by atoms with E-state index < -0.39 is 48.2 Å². The number of aliphatic hydroxyl groups excluding tert-OH is 2. The minimum Gasteiger partial charge on any atom is -0.478 e. The number of para-hydroxylation sites is 2. The molecular weight excluding hydrogens is 537 g/mol. The molecule has 1 saturated heterocycles. The summed E-state index contributed by atoms with van der Waals surface area (Å²) in [6.07, 6.45) is 11.5. The first-order valence-corrected chi connectivity index (χ1v) is 14.9. The summed E-state index contributed by atoms with van der Waals surface area (Å²) in [7, 11) is 0. The zero-order valence-corrected chi connectivity index (χ0v) is 24.0. The molecule has 2 rings (SSSR count). The normalized spacial score (nSPS) is 22.6. The van der Waals surface area contributed by atoms with Gasteiger partial charge in [0.1, 0.15) is 18.8 Å². The van der Waals surface area contributed by atoms with Gasteiger partial charge in [0.25, 0.3) is 0 Å². The molecular formula is C30H46FNO9. The molecule has 0 aliphatic carbocycles. The molecule has 232 valence electrons. The van der Waals surface area contributed by atoms with Crippen LogP contribution >= 0.6 is 0 Å². The van der Waals surface area contributed by atoms with Gasteiger partial charge in [-0.3, -0.25) is 14.9 Å². The fourth-order valence-corrected chi connectivity index (χ4v) is 4.73. The lowest BCUT2D eigenvalue weighted by molar-refractivity contribution is -0.387. The molecule has 0 saturated carbocycles. The first-order valence-electron chi connectivity index (χ1n) is 14.9. The topological polar surface area (TPSA) is 138 Å². The van der Waals surface area contributed by atoms with Crippen molar-refractivity contribution in [3.05, 3.63) is 46.5 Å².